The number of para-hydroxylation sites is 1. The van der Waals surface area contributed by atoms with Crippen molar-refractivity contribution in [1.82, 2.24) is 14.6 Å². The van der Waals surface area contributed by atoms with E-state index in [1.165, 1.54) is 12.0 Å². The first-order chi connectivity index (χ1) is 15.0. The fourth-order valence-electron chi connectivity index (χ4n) is 3.89. The van der Waals surface area contributed by atoms with Crippen molar-refractivity contribution in [3.8, 4) is 17.0 Å². The van der Waals surface area contributed by atoms with Gasteiger partial charge in [0.2, 0.25) is 0 Å². The Morgan fingerprint density at radius 1 is 1.06 bits per heavy atom. The van der Waals surface area contributed by atoms with Crippen LogP contribution in [-0.4, -0.2) is 20.5 Å². The van der Waals surface area contributed by atoms with Crippen LogP contribution >= 0.6 is 0 Å². The Labute approximate surface area is 179 Å². The Balaban J connectivity index is 1.37. The zero-order chi connectivity index (χ0) is 21.4. The van der Waals surface area contributed by atoms with Gasteiger partial charge in [-0.15, -0.1) is 0 Å². The number of rotatable bonds is 6. The van der Waals surface area contributed by atoms with Gasteiger partial charge in [-0.25, -0.2) is 9.50 Å². The number of primary amides is 1. The summed E-state index contributed by atoms with van der Waals surface area (Å²) >= 11 is 0. The van der Waals surface area contributed by atoms with Gasteiger partial charge in [0.15, 0.2) is 5.65 Å². The van der Waals surface area contributed by atoms with Crippen molar-refractivity contribution in [2.24, 2.45) is 11.5 Å². The summed E-state index contributed by atoms with van der Waals surface area (Å²) < 4.78 is 7.68. The van der Waals surface area contributed by atoms with Gasteiger partial charge in [0.25, 0.3) is 5.91 Å². The fourth-order valence-corrected chi connectivity index (χ4v) is 3.89. The van der Waals surface area contributed by atoms with Crippen LogP contribution in [0.2, 0.25) is 0 Å². The number of nitrogens with zero attached hydrogens (tertiary/aromatic N) is 3. The van der Waals surface area contributed by atoms with Crippen molar-refractivity contribution in [3.63, 3.8) is 0 Å². The van der Waals surface area contributed by atoms with Crippen molar-refractivity contribution in [2.75, 3.05) is 0 Å². The van der Waals surface area contributed by atoms with Crippen LogP contribution in [0.25, 0.3) is 16.9 Å². The zero-order valence-corrected chi connectivity index (χ0v) is 17.0. The van der Waals surface area contributed by atoms with E-state index in [0.29, 0.717) is 17.9 Å². The lowest BCUT2D eigenvalue weighted by molar-refractivity contribution is 0.0994. The number of hydrogen-bond donors (Lipinski definition) is 2. The van der Waals surface area contributed by atoms with E-state index < -0.39 is 5.91 Å². The Bertz CT molecular complexity index is 1260. The highest BCUT2D eigenvalue weighted by atomic mass is 16.5. The van der Waals surface area contributed by atoms with E-state index >= 15 is 0 Å². The minimum absolute atomic E-state index is 0.155. The third kappa shape index (κ3) is 3.64. The standard InChI is InChI=1S/C24H23N5O2/c25-23(30)19-10-11-22-27-20(14-29(22)28-19)18-4-1-2-5-21(18)31-15-16-6-8-17(9-7-16)24(26)12-3-13-24/h1-2,4-11,14H,3,12-13,15,26H2,(H2,25,30). The number of ether oxygens (including phenoxy) is 1. The molecule has 0 saturated heterocycles. The van der Waals surface area contributed by atoms with E-state index in [2.05, 4.69) is 34.3 Å². The molecule has 0 aliphatic heterocycles. The molecular weight excluding hydrogens is 390 g/mol. The molecule has 1 fully saturated rings. The van der Waals surface area contributed by atoms with E-state index in [4.69, 9.17) is 16.2 Å². The van der Waals surface area contributed by atoms with Gasteiger partial charge in [-0.05, 0) is 54.7 Å². The van der Waals surface area contributed by atoms with Crippen LogP contribution in [0.4, 0.5) is 0 Å². The van der Waals surface area contributed by atoms with Gasteiger partial charge in [-0.3, -0.25) is 4.79 Å². The summed E-state index contributed by atoms with van der Waals surface area (Å²) in [4.78, 5) is 16.0. The van der Waals surface area contributed by atoms with Crippen LogP contribution in [0.1, 0.15) is 40.9 Å². The average molecular weight is 413 g/mol. The monoisotopic (exact) mass is 413 g/mol. The molecular formula is C24H23N5O2. The number of carbonyl (C=O) groups excluding carboxylic acids is 1. The molecule has 0 atom stereocenters. The van der Waals surface area contributed by atoms with Gasteiger partial charge in [-0.1, -0.05) is 36.4 Å². The normalized spacial score (nSPS) is 14.9. The van der Waals surface area contributed by atoms with Gasteiger partial charge < -0.3 is 16.2 Å². The van der Waals surface area contributed by atoms with Crippen LogP contribution in [0.5, 0.6) is 5.75 Å². The quantitative estimate of drug-likeness (QED) is 0.503. The summed E-state index contributed by atoms with van der Waals surface area (Å²) in [6.07, 6.45) is 5.05. The minimum Gasteiger partial charge on any atom is -0.488 e. The number of amides is 1. The Morgan fingerprint density at radius 3 is 2.55 bits per heavy atom. The molecule has 1 aliphatic rings. The second-order valence-corrected chi connectivity index (χ2v) is 8.00. The molecule has 0 bridgehead atoms. The van der Waals surface area contributed by atoms with Crippen LogP contribution in [0.3, 0.4) is 0 Å². The number of benzene rings is 2. The summed E-state index contributed by atoms with van der Waals surface area (Å²) in [6.45, 7) is 0.437. The van der Waals surface area contributed by atoms with E-state index in [9.17, 15) is 4.79 Å². The zero-order valence-electron chi connectivity index (χ0n) is 17.0. The molecule has 7 nitrogen and oxygen atoms in total. The summed E-state index contributed by atoms with van der Waals surface area (Å²) in [7, 11) is 0. The molecule has 1 saturated carbocycles. The van der Waals surface area contributed by atoms with Gasteiger partial charge in [0.05, 0.1) is 11.9 Å². The number of hydrogen-bond acceptors (Lipinski definition) is 5. The SMILES string of the molecule is NC(=O)c1ccc2nc(-c3ccccc3OCc3ccc(C4(N)CCC4)cc3)cn2n1. The Hall–Kier alpha value is -3.71. The fraction of sp³-hybridized carbons (Fsp3) is 0.208. The van der Waals surface area contributed by atoms with Crippen molar-refractivity contribution in [3.05, 3.63) is 83.7 Å². The molecule has 0 radical (unpaired) electrons. The second kappa shape index (κ2) is 7.52. The Morgan fingerprint density at radius 2 is 1.84 bits per heavy atom. The first kappa shape index (κ1) is 19.3. The largest absolute Gasteiger partial charge is 0.488 e. The molecule has 4 aromatic rings. The maximum absolute atomic E-state index is 11.4. The maximum atomic E-state index is 11.4. The lowest BCUT2D eigenvalue weighted by atomic mass is 9.73. The van der Waals surface area contributed by atoms with Crippen LogP contribution in [0.15, 0.2) is 66.9 Å². The molecule has 31 heavy (non-hydrogen) atoms. The van der Waals surface area contributed by atoms with Gasteiger partial charge in [0.1, 0.15) is 18.1 Å². The molecule has 156 valence electrons. The molecule has 2 aromatic heterocycles. The molecule has 0 spiro atoms. The maximum Gasteiger partial charge on any atom is 0.269 e. The van der Waals surface area contributed by atoms with Crippen molar-refractivity contribution < 1.29 is 9.53 Å². The van der Waals surface area contributed by atoms with Crippen LogP contribution < -0.4 is 16.2 Å². The summed E-state index contributed by atoms with van der Waals surface area (Å²) in [5.74, 6) is 0.143. The number of carbonyl (C=O) groups is 1. The molecule has 7 heteroatoms. The lowest BCUT2D eigenvalue weighted by Crippen LogP contribution is -2.43. The third-order valence-electron chi connectivity index (χ3n) is 5.90. The van der Waals surface area contributed by atoms with Crippen LogP contribution in [-0.2, 0) is 12.1 Å². The van der Waals surface area contributed by atoms with Crippen LogP contribution in [0, 0.1) is 0 Å². The topological polar surface area (TPSA) is 109 Å². The van der Waals surface area contributed by atoms with Gasteiger partial charge >= 0.3 is 0 Å². The second-order valence-electron chi connectivity index (χ2n) is 8.00. The highest BCUT2D eigenvalue weighted by Crippen LogP contribution is 2.38. The predicted octanol–water partition coefficient (Wildman–Crippen LogP) is 3.41. The molecule has 4 N–H and O–H groups in total. The molecule has 0 unspecified atom stereocenters. The molecule has 2 heterocycles. The number of nitrogens with two attached hydrogens (primary N) is 2. The lowest BCUT2D eigenvalue weighted by Gasteiger charge is -2.38. The molecule has 1 amide bonds. The smallest absolute Gasteiger partial charge is 0.269 e. The highest BCUT2D eigenvalue weighted by Gasteiger charge is 2.33. The van der Waals surface area contributed by atoms with E-state index in [-0.39, 0.29) is 11.2 Å². The van der Waals surface area contributed by atoms with Crippen molar-refractivity contribution in [1.29, 1.82) is 0 Å². The van der Waals surface area contributed by atoms with E-state index in [1.807, 2.05) is 24.3 Å². The molecule has 1 aliphatic carbocycles. The van der Waals surface area contributed by atoms with E-state index in [1.54, 1.807) is 22.8 Å². The number of aromatic nitrogens is 3. The average Bonchev–Trinajstić information content (AvgIpc) is 3.20. The molecule has 2 aromatic carbocycles. The minimum atomic E-state index is -0.579. The van der Waals surface area contributed by atoms with Crippen molar-refractivity contribution in [2.45, 2.75) is 31.4 Å². The predicted molar refractivity (Wildman–Crippen MR) is 117 cm³/mol. The molecule has 5 rings (SSSR count). The summed E-state index contributed by atoms with van der Waals surface area (Å²) in [5.41, 5.74) is 16.2. The third-order valence-corrected chi connectivity index (χ3v) is 5.90. The number of fused-ring (bicyclic) bond motifs is 1. The summed E-state index contributed by atoms with van der Waals surface area (Å²) in [6, 6.07) is 19.4. The summed E-state index contributed by atoms with van der Waals surface area (Å²) in [5, 5.41) is 4.21. The highest BCUT2D eigenvalue weighted by molar-refractivity contribution is 5.90. The van der Waals surface area contributed by atoms with Gasteiger partial charge in [-0.2, -0.15) is 5.10 Å². The first-order valence-electron chi connectivity index (χ1n) is 10.3. The van der Waals surface area contributed by atoms with E-state index in [0.717, 1.165) is 29.7 Å². The number of imidazole rings is 1. The Kier molecular flexibility index (Phi) is 4.67. The first-order valence-corrected chi connectivity index (χ1v) is 10.3. The van der Waals surface area contributed by atoms with Crippen molar-refractivity contribution >= 4 is 11.6 Å². The van der Waals surface area contributed by atoms with Gasteiger partial charge in [0, 0.05) is 11.1 Å².